The average molecular weight is 393 g/mol. The van der Waals surface area contributed by atoms with Crippen molar-refractivity contribution in [3.8, 4) is 16.9 Å². The highest BCUT2D eigenvalue weighted by Gasteiger charge is 2.15. The molecule has 0 saturated carbocycles. The third kappa shape index (κ3) is 6.57. The van der Waals surface area contributed by atoms with Gasteiger partial charge in [-0.1, -0.05) is 70.2 Å². The van der Waals surface area contributed by atoms with Crippen molar-refractivity contribution < 1.29 is 17.9 Å². The van der Waals surface area contributed by atoms with E-state index in [1.165, 1.54) is 19.3 Å². The summed E-state index contributed by atoms with van der Waals surface area (Å²) in [4.78, 5) is 0. The van der Waals surface area contributed by atoms with Gasteiger partial charge in [-0.3, -0.25) is 0 Å². The minimum Gasteiger partial charge on any atom is -0.491 e. The molecule has 2 rings (SSSR count). The number of aryl methyl sites for hydroxylation is 1. The van der Waals surface area contributed by atoms with Gasteiger partial charge in [-0.05, 0) is 42.5 Å². The monoisotopic (exact) mass is 392 g/mol. The molecule has 0 fully saturated rings. The Kier molecular flexibility index (Phi) is 9.39. The third-order valence-corrected chi connectivity index (χ3v) is 5.00. The summed E-state index contributed by atoms with van der Waals surface area (Å²) in [5, 5.41) is 0. The summed E-state index contributed by atoms with van der Waals surface area (Å²) in [6.45, 7) is 3.92. The van der Waals surface area contributed by atoms with Crippen molar-refractivity contribution in [2.24, 2.45) is 0 Å². The first-order chi connectivity index (χ1) is 13.6. The summed E-state index contributed by atoms with van der Waals surface area (Å²) in [5.41, 5.74) is 1.24. The van der Waals surface area contributed by atoms with E-state index in [9.17, 15) is 13.2 Å². The number of alkyl halides is 1. The molecule has 0 aliphatic heterocycles. The van der Waals surface area contributed by atoms with Crippen molar-refractivity contribution in [1.29, 1.82) is 0 Å². The number of hydrogen-bond acceptors (Lipinski definition) is 1. The summed E-state index contributed by atoms with van der Waals surface area (Å²) in [6, 6.07) is 9.95. The molecule has 28 heavy (non-hydrogen) atoms. The summed E-state index contributed by atoms with van der Waals surface area (Å²) >= 11 is 0. The van der Waals surface area contributed by atoms with Gasteiger partial charge in [0.05, 0.1) is 0 Å². The van der Waals surface area contributed by atoms with Crippen molar-refractivity contribution in [3.05, 3.63) is 53.6 Å². The maximum atomic E-state index is 14.6. The van der Waals surface area contributed by atoms with Crippen molar-refractivity contribution in [1.82, 2.24) is 0 Å². The van der Waals surface area contributed by atoms with E-state index in [1.54, 1.807) is 43.3 Å². The fourth-order valence-corrected chi connectivity index (χ4v) is 3.14. The van der Waals surface area contributed by atoms with Crippen LogP contribution in [0.2, 0.25) is 0 Å². The van der Waals surface area contributed by atoms with Crippen LogP contribution in [0.25, 0.3) is 11.1 Å². The Morgan fingerprint density at radius 1 is 0.821 bits per heavy atom. The smallest absolute Gasteiger partial charge is 0.166 e. The molecular formula is C24H31F3O. The van der Waals surface area contributed by atoms with Crippen molar-refractivity contribution in [2.45, 2.75) is 71.4 Å². The van der Waals surface area contributed by atoms with E-state index >= 15 is 0 Å². The Hall–Kier alpha value is -1.97. The first kappa shape index (κ1) is 22.3. The van der Waals surface area contributed by atoms with E-state index in [0.717, 1.165) is 19.3 Å². The van der Waals surface area contributed by atoms with E-state index in [4.69, 9.17) is 4.74 Å². The molecule has 2 aromatic carbocycles. The third-order valence-electron chi connectivity index (χ3n) is 5.00. The molecule has 0 aliphatic rings. The molecule has 0 saturated heterocycles. The van der Waals surface area contributed by atoms with Gasteiger partial charge in [-0.25, -0.2) is 13.2 Å². The summed E-state index contributed by atoms with van der Waals surface area (Å²) in [6.07, 6.45) is 6.64. The molecule has 1 nitrogen and oxygen atoms in total. The molecule has 0 heterocycles. The van der Waals surface area contributed by atoms with Gasteiger partial charge in [-0.2, -0.15) is 0 Å². The lowest BCUT2D eigenvalue weighted by Gasteiger charge is -2.11. The summed E-state index contributed by atoms with van der Waals surface area (Å²) in [5.74, 6) is -1.05. The van der Waals surface area contributed by atoms with Crippen molar-refractivity contribution in [2.75, 3.05) is 6.61 Å². The van der Waals surface area contributed by atoms with Gasteiger partial charge >= 0.3 is 0 Å². The molecule has 0 aromatic heterocycles. The Morgan fingerprint density at radius 2 is 1.50 bits per heavy atom. The Balaban J connectivity index is 1.97. The Labute approximate surface area is 166 Å². The first-order valence-corrected chi connectivity index (χ1v) is 10.4. The second kappa shape index (κ2) is 11.8. The zero-order valence-corrected chi connectivity index (χ0v) is 16.9. The lowest BCUT2D eigenvalue weighted by Crippen LogP contribution is -2.11. The number of hydrogen-bond donors (Lipinski definition) is 0. The van der Waals surface area contributed by atoms with Crippen molar-refractivity contribution in [3.63, 3.8) is 0 Å². The summed E-state index contributed by atoms with van der Waals surface area (Å²) in [7, 11) is 0. The zero-order chi connectivity index (χ0) is 20.4. The van der Waals surface area contributed by atoms with Gasteiger partial charge in [0.15, 0.2) is 11.6 Å². The van der Waals surface area contributed by atoms with Gasteiger partial charge in [-0.15, -0.1) is 0 Å². The van der Waals surface area contributed by atoms with Crippen LogP contribution in [-0.4, -0.2) is 12.8 Å². The highest BCUT2D eigenvalue weighted by atomic mass is 19.2. The lowest BCUT2D eigenvalue weighted by atomic mass is 9.99. The summed E-state index contributed by atoms with van der Waals surface area (Å²) < 4.78 is 47.6. The molecule has 0 amide bonds. The maximum absolute atomic E-state index is 14.6. The van der Waals surface area contributed by atoms with Gasteiger partial charge in [0.2, 0.25) is 0 Å². The van der Waals surface area contributed by atoms with Crippen LogP contribution in [0, 0.1) is 11.6 Å². The molecule has 2 aromatic rings. The molecule has 4 heteroatoms. The molecule has 1 atom stereocenters. The number of halogens is 3. The van der Waals surface area contributed by atoms with E-state index < -0.39 is 17.8 Å². The van der Waals surface area contributed by atoms with E-state index in [1.807, 2.05) is 0 Å². The predicted octanol–water partition coefficient (Wildman–Crippen LogP) is 7.66. The number of benzene rings is 2. The molecule has 0 aliphatic carbocycles. The van der Waals surface area contributed by atoms with Gasteiger partial charge in [0.1, 0.15) is 18.5 Å². The van der Waals surface area contributed by atoms with E-state index in [2.05, 4.69) is 6.92 Å². The molecule has 154 valence electrons. The Bertz CT molecular complexity index is 713. The fourth-order valence-electron chi connectivity index (χ4n) is 3.14. The van der Waals surface area contributed by atoms with E-state index in [-0.39, 0.29) is 12.2 Å². The van der Waals surface area contributed by atoms with Crippen LogP contribution >= 0.6 is 0 Å². The van der Waals surface area contributed by atoms with Crippen LogP contribution in [0.4, 0.5) is 13.2 Å². The maximum Gasteiger partial charge on any atom is 0.166 e. The molecule has 0 spiro atoms. The van der Waals surface area contributed by atoms with Gasteiger partial charge < -0.3 is 4.74 Å². The lowest BCUT2D eigenvalue weighted by molar-refractivity contribution is 0.192. The predicted molar refractivity (Wildman–Crippen MR) is 110 cm³/mol. The molecule has 0 radical (unpaired) electrons. The standard InChI is InChI=1S/C24H31F3O/c1-3-5-6-7-8-9-10-19-13-16-22(24(27)23(19)26)18-11-14-21(15-12-18)28-17-20(25)4-2/h11-16,20H,3-10,17H2,1-2H3/t20-/m1/s1. The molecule has 0 unspecified atom stereocenters. The van der Waals surface area contributed by atoms with Crippen LogP contribution < -0.4 is 4.74 Å². The molecule has 0 bridgehead atoms. The quantitative estimate of drug-likeness (QED) is 0.337. The van der Waals surface area contributed by atoms with Crippen LogP contribution in [0.5, 0.6) is 5.75 Å². The van der Waals surface area contributed by atoms with Crippen LogP contribution in [-0.2, 0) is 6.42 Å². The topological polar surface area (TPSA) is 9.23 Å². The van der Waals surface area contributed by atoms with Crippen LogP contribution in [0.15, 0.2) is 36.4 Å². The highest BCUT2D eigenvalue weighted by Crippen LogP contribution is 2.28. The molecular weight excluding hydrogens is 361 g/mol. The van der Waals surface area contributed by atoms with Crippen molar-refractivity contribution >= 4 is 0 Å². The fraction of sp³-hybridized carbons (Fsp3) is 0.500. The number of rotatable bonds is 12. The van der Waals surface area contributed by atoms with E-state index in [0.29, 0.717) is 29.7 Å². The first-order valence-electron chi connectivity index (χ1n) is 10.4. The largest absolute Gasteiger partial charge is 0.491 e. The normalized spacial score (nSPS) is 12.2. The molecule has 0 N–H and O–H groups in total. The van der Waals surface area contributed by atoms with Crippen LogP contribution in [0.1, 0.15) is 64.4 Å². The zero-order valence-electron chi connectivity index (χ0n) is 16.9. The van der Waals surface area contributed by atoms with Gasteiger partial charge in [0, 0.05) is 5.56 Å². The minimum atomic E-state index is -1.01. The SMILES string of the molecule is CCCCCCCCc1ccc(-c2ccc(OC[C@H](F)CC)cc2)c(F)c1F. The highest BCUT2D eigenvalue weighted by molar-refractivity contribution is 5.65. The minimum absolute atomic E-state index is 0.00796. The van der Waals surface area contributed by atoms with Gasteiger partial charge in [0.25, 0.3) is 0 Å². The number of unbranched alkanes of at least 4 members (excludes halogenated alkanes) is 5. The Morgan fingerprint density at radius 3 is 2.18 bits per heavy atom. The second-order valence-electron chi connectivity index (χ2n) is 7.26. The number of ether oxygens (including phenoxy) is 1. The van der Waals surface area contributed by atoms with Crippen LogP contribution in [0.3, 0.4) is 0 Å². The average Bonchev–Trinajstić information content (AvgIpc) is 2.72. The second-order valence-corrected chi connectivity index (χ2v) is 7.26.